The first-order valence-corrected chi connectivity index (χ1v) is 4.10. The molecule has 1 nitrogen and oxygen atoms in total. The first-order chi connectivity index (χ1) is 5.75. The highest BCUT2D eigenvalue weighted by Gasteiger charge is 2.03. The summed E-state index contributed by atoms with van der Waals surface area (Å²) in [5, 5.41) is 0.857. The van der Waals surface area contributed by atoms with Crippen LogP contribution >= 0.6 is 23.2 Å². The molecule has 0 atom stereocenters. The summed E-state index contributed by atoms with van der Waals surface area (Å²) < 4.78 is 5.20. The summed E-state index contributed by atoms with van der Waals surface area (Å²) in [5.41, 5.74) is 0. The zero-order chi connectivity index (χ0) is 8.97. The Kier molecular flexibility index (Phi) is 3.45. The van der Waals surface area contributed by atoms with Crippen molar-refractivity contribution in [3.8, 4) is 5.75 Å². The van der Waals surface area contributed by atoms with Crippen molar-refractivity contribution in [3.05, 3.63) is 40.9 Å². The Bertz CT molecular complexity index is 284. The van der Waals surface area contributed by atoms with Crippen molar-refractivity contribution in [2.75, 3.05) is 6.61 Å². The Morgan fingerprint density at radius 1 is 1.50 bits per heavy atom. The minimum Gasteiger partial charge on any atom is -0.488 e. The zero-order valence-electron chi connectivity index (χ0n) is 6.31. The van der Waals surface area contributed by atoms with Crippen molar-refractivity contribution in [1.29, 1.82) is 0 Å². The lowest BCUT2D eigenvalue weighted by Gasteiger charge is -2.05. The summed E-state index contributed by atoms with van der Waals surface area (Å²) in [5.74, 6) is 0.532. The van der Waals surface area contributed by atoms with Crippen LogP contribution in [0.1, 0.15) is 0 Å². The normalized spacial score (nSPS) is 9.50. The van der Waals surface area contributed by atoms with E-state index < -0.39 is 0 Å². The van der Waals surface area contributed by atoms with Crippen LogP contribution in [0, 0.1) is 6.07 Å². The smallest absolute Gasteiger partial charge is 0.140 e. The molecule has 0 fully saturated rings. The molecule has 0 aliphatic carbocycles. The van der Waals surface area contributed by atoms with E-state index in [0.717, 1.165) is 0 Å². The number of hydrogen-bond donors (Lipinski definition) is 0. The predicted octanol–water partition coefficient (Wildman–Crippen LogP) is 3.36. The molecule has 1 radical (unpaired) electrons. The van der Waals surface area contributed by atoms with Crippen LogP contribution in [0.15, 0.2) is 24.8 Å². The van der Waals surface area contributed by atoms with E-state index in [1.54, 1.807) is 18.2 Å². The molecule has 0 spiro atoms. The maximum Gasteiger partial charge on any atom is 0.140 e. The molecule has 63 valence electrons. The summed E-state index contributed by atoms with van der Waals surface area (Å²) in [6, 6.07) is 6.03. The average molecular weight is 202 g/mol. The molecule has 0 saturated carbocycles. The first kappa shape index (κ1) is 9.43. The summed E-state index contributed by atoms with van der Waals surface area (Å²) in [6.45, 7) is 3.93. The van der Waals surface area contributed by atoms with Crippen LogP contribution in [0.2, 0.25) is 10.0 Å². The molecule has 0 heterocycles. The van der Waals surface area contributed by atoms with Gasteiger partial charge in [0, 0.05) is 0 Å². The van der Waals surface area contributed by atoms with Crippen molar-refractivity contribution in [3.63, 3.8) is 0 Å². The Morgan fingerprint density at radius 2 is 2.25 bits per heavy atom. The van der Waals surface area contributed by atoms with Crippen molar-refractivity contribution in [2.45, 2.75) is 0 Å². The Labute approximate surface area is 81.6 Å². The molecular formula is C9H7Cl2O. The van der Waals surface area contributed by atoms with E-state index in [-0.39, 0.29) is 0 Å². The van der Waals surface area contributed by atoms with Gasteiger partial charge in [-0.1, -0.05) is 35.9 Å². The van der Waals surface area contributed by atoms with E-state index in [2.05, 4.69) is 12.6 Å². The minimum absolute atomic E-state index is 0.411. The molecule has 0 aromatic heterocycles. The maximum atomic E-state index is 5.82. The van der Waals surface area contributed by atoms with E-state index in [1.165, 1.54) is 0 Å². The number of rotatable bonds is 3. The highest BCUT2D eigenvalue weighted by atomic mass is 35.5. The van der Waals surface area contributed by atoms with E-state index in [0.29, 0.717) is 22.4 Å². The van der Waals surface area contributed by atoms with Crippen LogP contribution in [0.25, 0.3) is 0 Å². The lowest BCUT2D eigenvalue weighted by atomic mass is 10.3. The molecule has 0 unspecified atom stereocenters. The SMILES string of the molecule is C=CCOc1c[c]cc(Cl)c1Cl. The quantitative estimate of drug-likeness (QED) is 0.682. The Hall–Kier alpha value is -0.660. The molecule has 3 heteroatoms. The molecule has 0 aliphatic heterocycles. The van der Waals surface area contributed by atoms with Gasteiger partial charge in [-0.05, 0) is 18.2 Å². The number of ether oxygens (including phenoxy) is 1. The molecule has 0 amide bonds. The molecule has 0 aliphatic rings. The third-order valence-electron chi connectivity index (χ3n) is 1.21. The third kappa shape index (κ3) is 2.16. The molecule has 0 saturated heterocycles. The molecular weight excluding hydrogens is 195 g/mol. The summed E-state index contributed by atoms with van der Waals surface area (Å²) in [6.07, 6.45) is 1.64. The molecule has 1 aromatic rings. The van der Waals surface area contributed by atoms with Gasteiger partial charge in [-0.25, -0.2) is 0 Å². The van der Waals surface area contributed by atoms with Crippen LogP contribution in [0.3, 0.4) is 0 Å². The van der Waals surface area contributed by atoms with Gasteiger partial charge in [0.05, 0.1) is 5.02 Å². The second-order valence-corrected chi connectivity index (χ2v) is 2.87. The van der Waals surface area contributed by atoms with Gasteiger partial charge in [0.25, 0.3) is 0 Å². The lowest BCUT2D eigenvalue weighted by molar-refractivity contribution is 0.363. The Morgan fingerprint density at radius 3 is 2.92 bits per heavy atom. The minimum atomic E-state index is 0.411. The van der Waals surface area contributed by atoms with E-state index in [9.17, 15) is 0 Å². The monoisotopic (exact) mass is 201 g/mol. The Balaban J connectivity index is 2.84. The van der Waals surface area contributed by atoms with Crippen LogP contribution in [0.4, 0.5) is 0 Å². The van der Waals surface area contributed by atoms with Crippen molar-refractivity contribution in [2.24, 2.45) is 0 Å². The largest absolute Gasteiger partial charge is 0.488 e. The van der Waals surface area contributed by atoms with Gasteiger partial charge in [0.15, 0.2) is 0 Å². The fraction of sp³-hybridized carbons (Fsp3) is 0.111. The van der Waals surface area contributed by atoms with Gasteiger partial charge in [-0.3, -0.25) is 0 Å². The number of hydrogen-bond acceptors (Lipinski definition) is 1. The van der Waals surface area contributed by atoms with Crippen molar-refractivity contribution >= 4 is 23.2 Å². The molecule has 0 N–H and O–H groups in total. The van der Waals surface area contributed by atoms with Gasteiger partial charge < -0.3 is 4.74 Å². The van der Waals surface area contributed by atoms with Gasteiger partial charge in [0.2, 0.25) is 0 Å². The van der Waals surface area contributed by atoms with Gasteiger partial charge in [0.1, 0.15) is 17.4 Å². The fourth-order valence-electron chi connectivity index (χ4n) is 0.689. The topological polar surface area (TPSA) is 9.23 Å². The van der Waals surface area contributed by atoms with E-state index in [4.69, 9.17) is 27.9 Å². The summed E-state index contributed by atoms with van der Waals surface area (Å²) >= 11 is 11.5. The average Bonchev–Trinajstić information content (AvgIpc) is 2.08. The van der Waals surface area contributed by atoms with Crippen LogP contribution in [-0.2, 0) is 0 Å². The highest BCUT2D eigenvalue weighted by Crippen LogP contribution is 2.30. The van der Waals surface area contributed by atoms with Crippen LogP contribution < -0.4 is 4.74 Å². The first-order valence-electron chi connectivity index (χ1n) is 3.34. The maximum absolute atomic E-state index is 5.82. The van der Waals surface area contributed by atoms with Crippen LogP contribution in [0.5, 0.6) is 5.75 Å². The zero-order valence-corrected chi connectivity index (χ0v) is 7.82. The third-order valence-corrected chi connectivity index (χ3v) is 1.99. The van der Waals surface area contributed by atoms with Gasteiger partial charge >= 0.3 is 0 Å². The number of benzene rings is 1. The molecule has 1 aromatic carbocycles. The van der Waals surface area contributed by atoms with E-state index >= 15 is 0 Å². The van der Waals surface area contributed by atoms with Crippen molar-refractivity contribution < 1.29 is 4.74 Å². The second kappa shape index (κ2) is 4.39. The summed E-state index contributed by atoms with van der Waals surface area (Å²) in [7, 11) is 0. The fourth-order valence-corrected chi connectivity index (χ4v) is 1.01. The molecule has 12 heavy (non-hydrogen) atoms. The second-order valence-electron chi connectivity index (χ2n) is 2.08. The molecule has 1 rings (SSSR count). The summed E-state index contributed by atoms with van der Waals surface area (Å²) in [4.78, 5) is 0. The predicted molar refractivity (Wildman–Crippen MR) is 51.0 cm³/mol. The van der Waals surface area contributed by atoms with Gasteiger partial charge in [-0.15, -0.1) is 0 Å². The highest BCUT2D eigenvalue weighted by molar-refractivity contribution is 6.42. The van der Waals surface area contributed by atoms with E-state index in [1.807, 2.05) is 0 Å². The number of halogens is 2. The van der Waals surface area contributed by atoms with Crippen molar-refractivity contribution in [1.82, 2.24) is 0 Å². The molecule has 0 bridgehead atoms. The van der Waals surface area contributed by atoms with Gasteiger partial charge in [-0.2, -0.15) is 0 Å². The lowest BCUT2D eigenvalue weighted by Crippen LogP contribution is -1.93. The standard InChI is InChI=1S/C9H7Cl2O/c1-2-6-12-8-5-3-4-7(10)9(8)11/h2,4-5H,1,6H2. The van der Waals surface area contributed by atoms with Crippen LogP contribution in [-0.4, -0.2) is 6.61 Å².